The molecule has 7 heteroatoms. The van der Waals surface area contributed by atoms with Crippen LogP contribution in [-0.2, 0) is 0 Å². The molecule has 126 valence electrons. The normalized spacial score (nSPS) is 10.4. The maximum Gasteiger partial charge on any atom is 0.187 e. The molecule has 0 aliphatic rings. The fraction of sp³-hybridized carbons (Fsp3) is 0.375. The molecule has 0 aliphatic carbocycles. The van der Waals surface area contributed by atoms with Crippen LogP contribution in [0, 0.1) is 0 Å². The summed E-state index contributed by atoms with van der Waals surface area (Å²) >= 11 is 8.58. The lowest BCUT2D eigenvalue weighted by molar-refractivity contribution is 0.275. The number of hydrogen-bond acceptors (Lipinski definition) is 4. The van der Waals surface area contributed by atoms with Gasteiger partial charge >= 0.3 is 0 Å². The minimum absolute atomic E-state index is 0.438. The van der Waals surface area contributed by atoms with Gasteiger partial charge in [-0.05, 0) is 59.2 Å². The number of hydrazone groups is 1. The number of hydrogen-bond donors (Lipinski definition) is 2. The second-order valence-electron chi connectivity index (χ2n) is 4.48. The Morgan fingerprint density at radius 2 is 2.17 bits per heavy atom. The molecule has 0 saturated carbocycles. The lowest BCUT2D eigenvalue weighted by Gasteiger charge is -2.14. The van der Waals surface area contributed by atoms with Crippen LogP contribution in [0.5, 0.6) is 11.5 Å². The number of nitrogens with one attached hydrogen (secondary N) is 2. The van der Waals surface area contributed by atoms with E-state index in [1.807, 2.05) is 19.1 Å². The van der Waals surface area contributed by atoms with Gasteiger partial charge in [0.1, 0.15) is 0 Å². The van der Waals surface area contributed by atoms with Gasteiger partial charge in [0, 0.05) is 6.54 Å². The van der Waals surface area contributed by atoms with Crippen molar-refractivity contribution in [3.8, 4) is 11.5 Å². The van der Waals surface area contributed by atoms with Crippen LogP contribution in [0.3, 0.4) is 0 Å². The van der Waals surface area contributed by atoms with E-state index >= 15 is 0 Å². The Morgan fingerprint density at radius 1 is 1.39 bits per heavy atom. The van der Waals surface area contributed by atoms with Crippen molar-refractivity contribution in [2.75, 3.05) is 19.8 Å². The summed E-state index contributed by atoms with van der Waals surface area (Å²) in [5.41, 5.74) is 3.60. The van der Waals surface area contributed by atoms with Gasteiger partial charge in [-0.2, -0.15) is 5.10 Å². The molecule has 0 aromatic heterocycles. The smallest absolute Gasteiger partial charge is 0.187 e. The number of thiocarbonyl (C=S) groups is 1. The Hall–Kier alpha value is -1.60. The Balaban J connectivity index is 2.83. The molecule has 5 nitrogen and oxygen atoms in total. The zero-order chi connectivity index (χ0) is 17.1. The van der Waals surface area contributed by atoms with E-state index in [-0.39, 0.29) is 0 Å². The molecule has 0 saturated heterocycles. The highest BCUT2D eigenvalue weighted by Crippen LogP contribution is 2.36. The van der Waals surface area contributed by atoms with Crippen LogP contribution in [0.2, 0.25) is 0 Å². The predicted octanol–water partition coefficient (Wildman–Crippen LogP) is 3.62. The van der Waals surface area contributed by atoms with E-state index < -0.39 is 0 Å². The molecule has 0 atom stereocenters. The van der Waals surface area contributed by atoms with Crippen LogP contribution in [-0.4, -0.2) is 31.1 Å². The Morgan fingerprint density at radius 3 is 2.83 bits per heavy atom. The maximum atomic E-state index is 5.74. The van der Waals surface area contributed by atoms with Crippen molar-refractivity contribution in [2.24, 2.45) is 5.10 Å². The first kappa shape index (κ1) is 19.4. The molecule has 0 radical (unpaired) electrons. The molecule has 0 spiro atoms. The molecule has 0 bridgehead atoms. The third kappa shape index (κ3) is 7.00. The largest absolute Gasteiger partial charge is 0.490 e. The molecule has 1 aromatic carbocycles. The Kier molecular flexibility index (Phi) is 9.31. The van der Waals surface area contributed by atoms with Gasteiger partial charge < -0.3 is 14.8 Å². The van der Waals surface area contributed by atoms with Crippen LogP contribution in [0.1, 0.15) is 25.8 Å². The molecule has 0 aliphatic heterocycles. The van der Waals surface area contributed by atoms with Crippen LogP contribution in [0.4, 0.5) is 0 Å². The van der Waals surface area contributed by atoms with E-state index in [9.17, 15) is 0 Å². The number of benzene rings is 1. The zero-order valence-electron chi connectivity index (χ0n) is 13.4. The van der Waals surface area contributed by atoms with Crippen molar-refractivity contribution < 1.29 is 9.47 Å². The van der Waals surface area contributed by atoms with Gasteiger partial charge in [-0.3, -0.25) is 5.43 Å². The molecular formula is C16H22BrN3O2S. The highest BCUT2D eigenvalue weighted by Gasteiger charge is 2.11. The van der Waals surface area contributed by atoms with Crippen molar-refractivity contribution in [2.45, 2.75) is 20.3 Å². The van der Waals surface area contributed by atoms with Crippen molar-refractivity contribution in [1.29, 1.82) is 0 Å². The number of nitrogens with zero attached hydrogens (tertiary/aromatic N) is 1. The molecule has 23 heavy (non-hydrogen) atoms. The lowest BCUT2D eigenvalue weighted by atomic mass is 10.2. The van der Waals surface area contributed by atoms with Crippen molar-refractivity contribution in [3.05, 3.63) is 34.8 Å². The van der Waals surface area contributed by atoms with E-state index in [0.717, 1.165) is 16.5 Å². The van der Waals surface area contributed by atoms with Gasteiger partial charge in [-0.15, -0.1) is 6.58 Å². The first-order valence-corrected chi connectivity index (χ1v) is 8.59. The van der Waals surface area contributed by atoms with Gasteiger partial charge in [-0.25, -0.2) is 0 Å². The lowest BCUT2D eigenvalue weighted by Crippen LogP contribution is -2.31. The Labute approximate surface area is 151 Å². The first-order valence-electron chi connectivity index (χ1n) is 7.39. The number of halogens is 1. The highest BCUT2D eigenvalue weighted by molar-refractivity contribution is 9.10. The van der Waals surface area contributed by atoms with Gasteiger partial charge in [0.05, 0.1) is 23.9 Å². The standard InChI is InChI=1S/C16H22BrN3O2S/c1-4-7-18-16(23)20-19-11-12-9-13(17)15(22-8-5-2)14(10-12)21-6-3/h4,9-11H,1,5-8H2,2-3H3,(H2,18,20,23)/b19-11+. The third-order valence-corrected chi connectivity index (χ3v) is 3.39. The van der Waals surface area contributed by atoms with E-state index in [0.29, 0.717) is 36.4 Å². The van der Waals surface area contributed by atoms with E-state index in [1.54, 1.807) is 12.3 Å². The SMILES string of the molecule is C=CCNC(=S)N/N=C/c1cc(Br)c(OCCC)c(OCC)c1. The molecular weight excluding hydrogens is 378 g/mol. The van der Waals surface area contributed by atoms with Crippen LogP contribution >= 0.6 is 28.1 Å². The second-order valence-corrected chi connectivity index (χ2v) is 5.74. The molecule has 1 aromatic rings. The number of rotatable bonds is 9. The van der Waals surface area contributed by atoms with Gasteiger partial charge in [0.2, 0.25) is 0 Å². The average molecular weight is 400 g/mol. The molecule has 0 heterocycles. The topological polar surface area (TPSA) is 54.9 Å². The quantitative estimate of drug-likeness (QED) is 0.287. The minimum Gasteiger partial charge on any atom is -0.490 e. The first-order chi connectivity index (χ1) is 11.1. The summed E-state index contributed by atoms with van der Waals surface area (Å²) in [7, 11) is 0. The van der Waals surface area contributed by atoms with Crippen molar-refractivity contribution in [3.63, 3.8) is 0 Å². The van der Waals surface area contributed by atoms with Gasteiger partial charge in [-0.1, -0.05) is 13.0 Å². The highest BCUT2D eigenvalue weighted by atomic mass is 79.9. The summed E-state index contributed by atoms with van der Waals surface area (Å²) in [6.07, 6.45) is 4.32. The minimum atomic E-state index is 0.438. The Bertz CT molecular complexity index is 565. The predicted molar refractivity (Wildman–Crippen MR) is 103 cm³/mol. The fourth-order valence-electron chi connectivity index (χ4n) is 1.64. The summed E-state index contributed by atoms with van der Waals surface area (Å²) < 4.78 is 12.2. The fourth-order valence-corrected chi connectivity index (χ4v) is 2.35. The zero-order valence-corrected chi connectivity index (χ0v) is 15.8. The van der Waals surface area contributed by atoms with Crippen LogP contribution in [0.25, 0.3) is 0 Å². The number of ether oxygens (including phenoxy) is 2. The van der Waals surface area contributed by atoms with Gasteiger partial charge in [0.15, 0.2) is 16.6 Å². The monoisotopic (exact) mass is 399 g/mol. The molecule has 2 N–H and O–H groups in total. The van der Waals surface area contributed by atoms with Crippen molar-refractivity contribution in [1.82, 2.24) is 10.7 Å². The van der Waals surface area contributed by atoms with E-state index in [4.69, 9.17) is 21.7 Å². The van der Waals surface area contributed by atoms with Crippen molar-refractivity contribution >= 4 is 39.5 Å². The summed E-state index contributed by atoms with van der Waals surface area (Å²) in [6, 6.07) is 3.80. The summed E-state index contributed by atoms with van der Waals surface area (Å²) in [5, 5.41) is 7.47. The summed E-state index contributed by atoms with van der Waals surface area (Å²) in [6.45, 7) is 9.38. The second kappa shape index (κ2) is 11.0. The molecule has 1 rings (SSSR count). The molecule has 0 fully saturated rings. The summed E-state index contributed by atoms with van der Waals surface area (Å²) in [5.74, 6) is 1.39. The molecule has 0 unspecified atom stereocenters. The molecule has 0 amide bonds. The van der Waals surface area contributed by atoms with Crippen LogP contribution in [0.15, 0.2) is 34.4 Å². The van der Waals surface area contributed by atoms with E-state index in [2.05, 4.69) is 45.3 Å². The average Bonchev–Trinajstić information content (AvgIpc) is 2.52. The van der Waals surface area contributed by atoms with Crippen LogP contribution < -0.4 is 20.2 Å². The van der Waals surface area contributed by atoms with E-state index in [1.165, 1.54) is 0 Å². The summed E-state index contributed by atoms with van der Waals surface area (Å²) in [4.78, 5) is 0. The maximum absolute atomic E-state index is 5.74. The third-order valence-electron chi connectivity index (χ3n) is 2.57. The van der Waals surface area contributed by atoms with Gasteiger partial charge in [0.25, 0.3) is 0 Å².